The molecule has 0 radical (unpaired) electrons. The van der Waals surface area contributed by atoms with Crippen molar-refractivity contribution in [2.75, 3.05) is 13.2 Å². The molecule has 0 aliphatic rings. The van der Waals surface area contributed by atoms with Gasteiger partial charge in [-0.15, -0.1) is 6.58 Å². The smallest absolute Gasteiger partial charge is 0.408 e. The maximum atomic E-state index is 13.5. The molecule has 0 heterocycles. The number of hydrogen-bond acceptors (Lipinski definition) is 5. The Bertz CT molecular complexity index is 1020. The third kappa shape index (κ3) is 8.26. The van der Waals surface area contributed by atoms with Gasteiger partial charge in [0.1, 0.15) is 17.7 Å². The van der Waals surface area contributed by atoms with Gasteiger partial charge in [0.25, 0.3) is 0 Å². The van der Waals surface area contributed by atoms with Gasteiger partial charge >= 0.3 is 6.09 Å². The Hall–Kier alpha value is -3.65. The summed E-state index contributed by atoms with van der Waals surface area (Å²) >= 11 is 0. The van der Waals surface area contributed by atoms with Crippen molar-refractivity contribution in [3.05, 3.63) is 83.9 Å². The Balaban J connectivity index is 2.37. The lowest BCUT2D eigenvalue weighted by Crippen LogP contribution is -2.54. The molecule has 2 aromatic carbocycles. The Morgan fingerprint density at radius 1 is 1.09 bits per heavy atom. The fraction of sp³-hybridized carbons (Fsp3) is 0.370. The largest absolute Gasteiger partial charge is 0.444 e. The molecule has 2 atom stereocenters. The highest BCUT2D eigenvalue weighted by molar-refractivity contribution is 5.92. The van der Waals surface area contributed by atoms with Crippen molar-refractivity contribution in [3.63, 3.8) is 0 Å². The molecule has 0 fully saturated rings. The summed E-state index contributed by atoms with van der Waals surface area (Å²) in [5.41, 5.74) is 1.57. The summed E-state index contributed by atoms with van der Waals surface area (Å²) in [6, 6.07) is 14.4. The molecule has 0 bridgehead atoms. The third-order valence-corrected chi connectivity index (χ3v) is 5.13. The van der Waals surface area contributed by atoms with Gasteiger partial charge in [-0.05, 0) is 44.4 Å². The first-order valence-corrected chi connectivity index (χ1v) is 11.5. The predicted octanol–water partition coefficient (Wildman–Crippen LogP) is 3.25. The lowest BCUT2D eigenvalue weighted by atomic mass is 9.98. The van der Waals surface area contributed by atoms with Gasteiger partial charge in [0.15, 0.2) is 0 Å². The van der Waals surface area contributed by atoms with E-state index in [2.05, 4.69) is 17.2 Å². The fourth-order valence-electron chi connectivity index (χ4n) is 3.52. The van der Waals surface area contributed by atoms with Crippen molar-refractivity contribution in [2.24, 2.45) is 0 Å². The number of nitrogens with one attached hydrogen (secondary N) is 2. The molecule has 3 amide bonds. The van der Waals surface area contributed by atoms with Crippen LogP contribution in [0.3, 0.4) is 0 Å². The van der Waals surface area contributed by atoms with Gasteiger partial charge in [-0.25, -0.2) is 4.79 Å². The van der Waals surface area contributed by atoms with Crippen LogP contribution in [0.25, 0.3) is 0 Å². The molecule has 0 saturated carbocycles. The molecule has 188 valence electrons. The molecule has 2 rings (SSSR count). The van der Waals surface area contributed by atoms with Crippen LogP contribution in [0.2, 0.25) is 0 Å². The fourth-order valence-corrected chi connectivity index (χ4v) is 3.52. The van der Waals surface area contributed by atoms with E-state index in [1.807, 2.05) is 49.4 Å². The zero-order valence-electron chi connectivity index (χ0n) is 20.8. The summed E-state index contributed by atoms with van der Waals surface area (Å²) in [5, 5.41) is 15.2. The number of ether oxygens (including phenoxy) is 1. The van der Waals surface area contributed by atoms with E-state index >= 15 is 0 Å². The number of carbonyl (C=O) groups is 3. The van der Waals surface area contributed by atoms with Crippen LogP contribution in [-0.2, 0) is 20.9 Å². The van der Waals surface area contributed by atoms with Crippen molar-refractivity contribution in [3.8, 4) is 0 Å². The number of amides is 3. The van der Waals surface area contributed by atoms with Crippen LogP contribution in [0.15, 0.2) is 67.3 Å². The number of benzene rings is 2. The zero-order valence-corrected chi connectivity index (χ0v) is 20.8. The first-order valence-electron chi connectivity index (χ1n) is 11.5. The van der Waals surface area contributed by atoms with Crippen molar-refractivity contribution >= 4 is 17.9 Å². The number of aryl methyl sites for hydroxylation is 1. The molecular formula is C27H35N3O5. The van der Waals surface area contributed by atoms with E-state index in [1.54, 1.807) is 32.9 Å². The molecule has 0 aliphatic carbocycles. The van der Waals surface area contributed by atoms with Crippen LogP contribution in [0.5, 0.6) is 0 Å². The van der Waals surface area contributed by atoms with Gasteiger partial charge in [-0.1, -0.05) is 60.7 Å². The Morgan fingerprint density at radius 3 is 2.29 bits per heavy atom. The quantitative estimate of drug-likeness (QED) is 0.452. The highest BCUT2D eigenvalue weighted by Crippen LogP contribution is 2.25. The number of carbonyl (C=O) groups excluding carboxylic acids is 3. The number of rotatable bonds is 10. The van der Waals surface area contributed by atoms with Gasteiger partial charge < -0.3 is 25.4 Å². The molecule has 8 heteroatoms. The first kappa shape index (κ1) is 27.6. The van der Waals surface area contributed by atoms with E-state index in [4.69, 9.17) is 4.74 Å². The molecular weight excluding hydrogens is 446 g/mol. The average molecular weight is 482 g/mol. The molecule has 0 aliphatic heterocycles. The summed E-state index contributed by atoms with van der Waals surface area (Å²) in [6.45, 7) is 10.3. The van der Waals surface area contributed by atoms with E-state index in [1.165, 1.54) is 11.0 Å². The molecule has 35 heavy (non-hydrogen) atoms. The second-order valence-corrected chi connectivity index (χ2v) is 9.12. The van der Waals surface area contributed by atoms with Crippen molar-refractivity contribution in [1.82, 2.24) is 15.5 Å². The standard InChI is InChI=1S/C27H35N3O5/c1-6-16-30(25(33)22(18-31)29-26(34)35-27(3,4)5)23(21-15-11-10-12-19(21)2)24(32)28-17-20-13-8-7-9-14-20/h6-15,22-23,31H,1,16-18H2,2-5H3,(H,28,32)(H,29,34). The maximum absolute atomic E-state index is 13.5. The van der Waals surface area contributed by atoms with E-state index in [0.29, 0.717) is 5.56 Å². The average Bonchev–Trinajstić information content (AvgIpc) is 2.81. The highest BCUT2D eigenvalue weighted by atomic mass is 16.6. The van der Waals surface area contributed by atoms with E-state index in [0.717, 1.165) is 11.1 Å². The van der Waals surface area contributed by atoms with Gasteiger partial charge in [0.05, 0.1) is 6.61 Å². The highest BCUT2D eigenvalue weighted by Gasteiger charge is 2.36. The number of aliphatic hydroxyl groups is 1. The summed E-state index contributed by atoms with van der Waals surface area (Å²) < 4.78 is 5.23. The summed E-state index contributed by atoms with van der Waals surface area (Å²) in [6.07, 6.45) is 0.652. The van der Waals surface area contributed by atoms with Crippen molar-refractivity contribution in [2.45, 2.75) is 51.9 Å². The SMILES string of the molecule is C=CCN(C(=O)C(CO)NC(=O)OC(C)(C)C)C(C(=O)NCc1ccccc1)c1ccccc1C. The van der Waals surface area contributed by atoms with Crippen LogP contribution in [0.4, 0.5) is 4.79 Å². The minimum absolute atomic E-state index is 0.0170. The molecule has 0 spiro atoms. The summed E-state index contributed by atoms with van der Waals surface area (Å²) in [5.74, 6) is -1.03. The maximum Gasteiger partial charge on any atom is 0.408 e. The number of nitrogens with zero attached hydrogens (tertiary/aromatic N) is 1. The minimum Gasteiger partial charge on any atom is -0.444 e. The zero-order chi connectivity index (χ0) is 26.0. The predicted molar refractivity (Wildman–Crippen MR) is 134 cm³/mol. The molecule has 2 unspecified atom stereocenters. The minimum atomic E-state index is -1.31. The molecule has 3 N–H and O–H groups in total. The van der Waals surface area contributed by atoms with Crippen LogP contribution in [0.1, 0.15) is 43.5 Å². The number of hydrogen-bond donors (Lipinski definition) is 3. The lowest BCUT2D eigenvalue weighted by molar-refractivity contribution is -0.142. The Morgan fingerprint density at radius 2 is 1.71 bits per heavy atom. The van der Waals surface area contributed by atoms with Gasteiger partial charge in [-0.2, -0.15) is 0 Å². The Kier molecular flexibility index (Phi) is 10.0. The van der Waals surface area contributed by atoms with Crippen LogP contribution in [-0.4, -0.2) is 52.7 Å². The topological polar surface area (TPSA) is 108 Å². The lowest BCUT2D eigenvalue weighted by Gasteiger charge is -2.34. The molecule has 0 aromatic heterocycles. The van der Waals surface area contributed by atoms with Crippen molar-refractivity contribution in [1.29, 1.82) is 0 Å². The van der Waals surface area contributed by atoms with Gasteiger partial charge in [-0.3, -0.25) is 9.59 Å². The second-order valence-electron chi connectivity index (χ2n) is 9.12. The van der Waals surface area contributed by atoms with E-state index in [9.17, 15) is 19.5 Å². The normalized spacial score (nSPS) is 12.7. The molecule has 2 aromatic rings. The third-order valence-electron chi connectivity index (χ3n) is 5.13. The van der Waals surface area contributed by atoms with Gasteiger partial charge in [0.2, 0.25) is 11.8 Å². The monoisotopic (exact) mass is 481 g/mol. The summed E-state index contributed by atoms with van der Waals surface area (Å²) in [7, 11) is 0. The van der Waals surface area contributed by atoms with Crippen molar-refractivity contribution < 1.29 is 24.2 Å². The molecule has 0 saturated heterocycles. The molecule has 8 nitrogen and oxygen atoms in total. The second kappa shape index (κ2) is 12.7. The van der Waals surface area contributed by atoms with Crippen LogP contribution >= 0.6 is 0 Å². The number of aliphatic hydroxyl groups excluding tert-OH is 1. The number of alkyl carbamates (subject to hydrolysis) is 1. The summed E-state index contributed by atoms with van der Waals surface area (Å²) in [4.78, 5) is 40.6. The first-order chi connectivity index (χ1) is 16.6. The van der Waals surface area contributed by atoms with E-state index < -0.39 is 42.2 Å². The van der Waals surface area contributed by atoms with Gasteiger partial charge in [0, 0.05) is 13.1 Å². The van der Waals surface area contributed by atoms with E-state index in [-0.39, 0.29) is 13.1 Å². The van der Waals surface area contributed by atoms with Crippen LogP contribution in [0, 0.1) is 6.92 Å². The van der Waals surface area contributed by atoms with Crippen LogP contribution < -0.4 is 10.6 Å². The Labute approximate surface area is 207 Å².